The van der Waals surface area contributed by atoms with E-state index in [1.807, 2.05) is 39.8 Å². The zero-order chi connectivity index (χ0) is 12.3. The highest BCUT2D eigenvalue weighted by Gasteiger charge is 2.27. The SMILES string of the molecule is Cc1cccc(NC(=O)[C@@H](N)C(C)(C)C)n1. The van der Waals surface area contributed by atoms with Gasteiger partial charge in [0.15, 0.2) is 0 Å². The van der Waals surface area contributed by atoms with Crippen LogP contribution in [-0.2, 0) is 4.79 Å². The van der Waals surface area contributed by atoms with Crippen LogP contribution in [0.25, 0.3) is 0 Å². The molecule has 1 rings (SSSR count). The number of rotatable bonds is 2. The molecule has 0 saturated carbocycles. The van der Waals surface area contributed by atoms with Gasteiger partial charge in [-0.1, -0.05) is 26.8 Å². The minimum Gasteiger partial charge on any atom is -0.319 e. The fourth-order valence-electron chi connectivity index (χ4n) is 1.21. The molecule has 0 aromatic carbocycles. The molecule has 0 spiro atoms. The molecule has 1 atom stereocenters. The average molecular weight is 221 g/mol. The lowest BCUT2D eigenvalue weighted by molar-refractivity contribution is -0.119. The lowest BCUT2D eigenvalue weighted by Crippen LogP contribution is -2.45. The van der Waals surface area contributed by atoms with Crippen LogP contribution in [0.4, 0.5) is 5.82 Å². The first-order valence-electron chi connectivity index (χ1n) is 5.31. The number of nitrogens with two attached hydrogens (primary N) is 1. The van der Waals surface area contributed by atoms with Gasteiger partial charge in [0.25, 0.3) is 0 Å². The molecule has 0 aliphatic rings. The summed E-state index contributed by atoms with van der Waals surface area (Å²) in [6, 6.07) is 4.93. The predicted molar refractivity (Wildman–Crippen MR) is 65.0 cm³/mol. The maximum atomic E-state index is 11.8. The van der Waals surface area contributed by atoms with Gasteiger partial charge in [0.05, 0.1) is 6.04 Å². The van der Waals surface area contributed by atoms with Crippen LogP contribution in [0.2, 0.25) is 0 Å². The van der Waals surface area contributed by atoms with E-state index in [1.54, 1.807) is 6.07 Å². The highest BCUT2D eigenvalue weighted by molar-refractivity contribution is 5.94. The first-order chi connectivity index (χ1) is 7.30. The second-order valence-corrected chi connectivity index (χ2v) is 5.00. The molecular weight excluding hydrogens is 202 g/mol. The summed E-state index contributed by atoms with van der Waals surface area (Å²) in [5, 5.41) is 2.71. The van der Waals surface area contributed by atoms with Crippen molar-refractivity contribution in [2.75, 3.05) is 5.32 Å². The third-order valence-electron chi connectivity index (χ3n) is 2.36. The number of nitrogens with one attached hydrogen (secondary N) is 1. The molecule has 0 aliphatic heterocycles. The van der Waals surface area contributed by atoms with Gasteiger partial charge in [-0.05, 0) is 24.5 Å². The summed E-state index contributed by atoms with van der Waals surface area (Å²) in [7, 11) is 0. The number of aryl methyl sites for hydroxylation is 1. The molecule has 0 radical (unpaired) electrons. The summed E-state index contributed by atoms with van der Waals surface area (Å²) < 4.78 is 0. The highest BCUT2D eigenvalue weighted by Crippen LogP contribution is 2.18. The van der Waals surface area contributed by atoms with Gasteiger partial charge >= 0.3 is 0 Å². The second-order valence-electron chi connectivity index (χ2n) is 5.00. The number of hydrogen-bond donors (Lipinski definition) is 2. The first-order valence-corrected chi connectivity index (χ1v) is 5.31. The predicted octanol–water partition coefficient (Wildman–Crippen LogP) is 1.70. The molecule has 88 valence electrons. The van der Waals surface area contributed by atoms with Gasteiger partial charge in [-0.3, -0.25) is 4.79 Å². The zero-order valence-electron chi connectivity index (χ0n) is 10.2. The molecule has 4 heteroatoms. The Morgan fingerprint density at radius 1 is 1.44 bits per heavy atom. The fraction of sp³-hybridized carbons (Fsp3) is 0.500. The summed E-state index contributed by atoms with van der Waals surface area (Å²) in [6.45, 7) is 7.67. The molecule has 0 bridgehead atoms. The maximum absolute atomic E-state index is 11.8. The molecule has 0 saturated heterocycles. The standard InChI is InChI=1S/C12H19N3O/c1-8-6-5-7-9(14-8)15-11(16)10(13)12(2,3)4/h5-7,10H,13H2,1-4H3,(H,14,15,16)/t10-/m1/s1. The van der Waals surface area contributed by atoms with Crippen LogP contribution in [0.3, 0.4) is 0 Å². The Kier molecular flexibility index (Phi) is 3.65. The maximum Gasteiger partial charge on any atom is 0.242 e. The van der Waals surface area contributed by atoms with Crippen LogP contribution in [0.5, 0.6) is 0 Å². The van der Waals surface area contributed by atoms with Gasteiger partial charge in [-0.25, -0.2) is 4.98 Å². The lowest BCUT2D eigenvalue weighted by Gasteiger charge is -2.25. The van der Waals surface area contributed by atoms with E-state index in [0.717, 1.165) is 5.69 Å². The quantitative estimate of drug-likeness (QED) is 0.798. The Hall–Kier alpha value is -1.42. The van der Waals surface area contributed by atoms with Crippen molar-refractivity contribution in [1.29, 1.82) is 0 Å². The Labute approximate surface area is 96.3 Å². The summed E-state index contributed by atoms with van der Waals surface area (Å²) in [5.41, 5.74) is 6.45. The Balaban J connectivity index is 2.72. The Bertz CT molecular complexity index is 382. The lowest BCUT2D eigenvalue weighted by atomic mass is 9.87. The summed E-state index contributed by atoms with van der Waals surface area (Å²) in [6.07, 6.45) is 0. The molecule has 1 amide bonds. The summed E-state index contributed by atoms with van der Waals surface area (Å²) >= 11 is 0. The molecule has 1 heterocycles. The third kappa shape index (κ3) is 3.31. The van der Waals surface area contributed by atoms with E-state index in [-0.39, 0.29) is 11.3 Å². The van der Waals surface area contributed by atoms with Crippen molar-refractivity contribution in [2.24, 2.45) is 11.1 Å². The molecule has 1 aromatic heterocycles. The normalized spacial score (nSPS) is 13.3. The van der Waals surface area contributed by atoms with Gasteiger partial charge in [0.1, 0.15) is 5.82 Å². The van der Waals surface area contributed by atoms with E-state index in [1.165, 1.54) is 0 Å². The third-order valence-corrected chi connectivity index (χ3v) is 2.36. The number of pyridine rings is 1. The number of amides is 1. The van der Waals surface area contributed by atoms with Crippen LogP contribution in [0.15, 0.2) is 18.2 Å². The highest BCUT2D eigenvalue weighted by atomic mass is 16.2. The van der Waals surface area contributed by atoms with Gasteiger partial charge < -0.3 is 11.1 Å². The number of anilines is 1. The zero-order valence-corrected chi connectivity index (χ0v) is 10.2. The topological polar surface area (TPSA) is 68.0 Å². The molecule has 0 aliphatic carbocycles. The van der Waals surface area contributed by atoms with Crippen molar-refractivity contribution in [3.8, 4) is 0 Å². The smallest absolute Gasteiger partial charge is 0.242 e. The molecular formula is C12H19N3O. The van der Waals surface area contributed by atoms with Crippen molar-refractivity contribution < 1.29 is 4.79 Å². The van der Waals surface area contributed by atoms with Crippen molar-refractivity contribution in [1.82, 2.24) is 4.98 Å². The van der Waals surface area contributed by atoms with Crippen LogP contribution >= 0.6 is 0 Å². The van der Waals surface area contributed by atoms with Gasteiger partial charge in [-0.2, -0.15) is 0 Å². The second kappa shape index (κ2) is 4.61. The first kappa shape index (κ1) is 12.6. The van der Waals surface area contributed by atoms with E-state index in [9.17, 15) is 4.79 Å². The molecule has 1 aromatic rings. The number of carbonyl (C=O) groups is 1. The van der Waals surface area contributed by atoms with E-state index >= 15 is 0 Å². The Morgan fingerprint density at radius 3 is 2.56 bits per heavy atom. The van der Waals surface area contributed by atoms with Crippen LogP contribution in [0.1, 0.15) is 26.5 Å². The van der Waals surface area contributed by atoms with Crippen LogP contribution in [0, 0.1) is 12.3 Å². The van der Waals surface area contributed by atoms with Gasteiger partial charge in [-0.15, -0.1) is 0 Å². The van der Waals surface area contributed by atoms with Crippen molar-refractivity contribution in [2.45, 2.75) is 33.7 Å². The molecule has 16 heavy (non-hydrogen) atoms. The van der Waals surface area contributed by atoms with E-state index in [4.69, 9.17) is 5.73 Å². The molecule has 4 nitrogen and oxygen atoms in total. The number of hydrogen-bond acceptors (Lipinski definition) is 3. The number of aromatic nitrogens is 1. The molecule has 0 unspecified atom stereocenters. The Morgan fingerprint density at radius 2 is 2.06 bits per heavy atom. The number of nitrogens with zero attached hydrogens (tertiary/aromatic N) is 1. The van der Waals surface area contributed by atoms with E-state index in [0.29, 0.717) is 5.82 Å². The summed E-state index contributed by atoms with van der Waals surface area (Å²) in [5.74, 6) is 0.343. The van der Waals surface area contributed by atoms with Crippen molar-refractivity contribution >= 4 is 11.7 Å². The number of carbonyl (C=O) groups excluding carboxylic acids is 1. The largest absolute Gasteiger partial charge is 0.319 e. The van der Waals surface area contributed by atoms with Crippen molar-refractivity contribution in [3.63, 3.8) is 0 Å². The minimum atomic E-state index is -0.546. The van der Waals surface area contributed by atoms with Crippen molar-refractivity contribution in [3.05, 3.63) is 23.9 Å². The van der Waals surface area contributed by atoms with E-state index in [2.05, 4.69) is 10.3 Å². The molecule has 3 N–H and O–H groups in total. The van der Waals surface area contributed by atoms with Crippen LogP contribution < -0.4 is 11.1 Å². The summed E-state index contributed by atoms with van der Waals surface area (Å²) in [4.78, 5) is 16.0. The van der Waals surface area contributed by atoms with Crippen LogP contribution in [-0.4, -0.2) is 16.9 Å². The van der Waals surface area contributed by atoms with Gasteiger partial charge in [0, 0.05) is 5.69 Å². The monoisotopic (exact) mass is 221 g/mol. The van der Waals surface area contributed by atoms with E-state index < -0.39 is 6.04 Å². The minimum absolute atomic E-state index is 0.203. The average Bonchev–Trinajstić information content (AvgIpc) is 2.15. The molecule has 0 fully saturated rings. The van der Waals surface area contributed by atoms with Gasteiger partial charge in [0.2, 0.25) is 5.91 Å². The fourth-order valence-corrected chi connectivity index (χ4v) is 1.21.